The molecule has 1 atom stereocenters. The average Bonchev–Trinajstić information content (AvgIpc) is 2.61. The number of hydrogen-bond donors (Lipinski definition) is 3. The van der Waals surface area contributed by atoms with Gasteiger partial charge in [0.2, 0.25) is 5.95 Å². The van der Waals surface area contributed by atoms with Crippen molar-refractivity contribution in [3.8, 4) is 5.75 Å². The lowest BCUT2D eigenvalue weighted by atomic mass is 10.1. The van der Waals surface area contributed by atoms with Gasteiger partial charge in [0.1, 0.15) is 11.6 Å². The molecule has 0 saturated carbocycles. The average molecular weight is 461 g/mol. The van der Waals surface area contributed by atoms with Gasteiger partial charge in [0, 0.05) is 17.9 Å². The Morgan fingerprint density at radius 1 is 1.19 bits per heavy atom. The number of anilines is 3. The largest absolute Gasteiger partial charge is 0.406 e. The summed E-state index contributed by atoms with van der Waals surface area (Å²) >= 11 is 0. The first kappa shape index (κ1) is 24.2. The highest BCUT2D eigenvalue weighted by Gasteiger charge is 2.36. The topological polar surface area (TPSA) is 136 Å². The van der Waals surface area contributed by atoms with Gasteiger partial charge >= 0.3 is 16.3 Å². The number of nitrogens with one attached hydrogen (secondary N) is 2. The molecule has 1 aromatic carbocycles. The zero-order valence-corrected chi connectivity index (χ0v) is 17.7. The number of alkyl halides is 3. The number of amides is 1. The van der Waals surface area contributed by atoms with Crippen LogP contribution in [0.1, 0.15) is 31.1 Å². The summed E-state index contributed by atoms with van der Waals surface area (Å²) in [4.78, 5) is 19.9. The van der Waals surface area contributed by atoms with E-state index in [0.29, 0.717) is 5.69 Å². The highest BCUT2D eigenvalue weighted by atomic mass is 32.2. The summed E-state index contributed by atoms with van der Waals surface area (Å²) in [6.45, 7) is 5.89. The fraction of sp³-hybridized carbons (Fsp3) is 0.389. The van der Waals surface area contributed by atoms with Crippen LogP contribution in [-0.2, 0) is 10.1 Å². The van der Waals surface area contributed by atoms with E-state index in [2.05, 4.69) is 24.8 Å². The van der Waals surface area contributed by atoms with Crippen LogP contribution in [0.3, 0.4) is 0 Å². The summed E-state index contributed by atoms with van der Waals surface area (Å²) in [5.74, 6) is -2.48. The Hall–Kier alpha value is -3.09. The van der Waals surface area contributed by atoms with Gasteiger partial charge < -0.3 is 20.6 Å². The molecule has 0 aliphatic heterocycles. The quantitative estimate of drug-likeness (QED) is 0.485. The Morgan fingerprint density at radius 3 is 2.32 bits per heavy atom. The highest BCUT2D eigenvalue weighted by molar-refractivity contribution is 7.87. The third-order valence-electron chi connectivity index (χ3n) is 4.09. The van der Waals surface area contributed by atoms with Crippen LogP contribution >= 0.6 is 0 Å². The van der Waals surface area contributed by atoms with E-state index in [9.17, 15) is 26.4 Å². The van der Waals surface area contributed by atoms with Crippen molar-refractivity contribution in [3.05, 3.63) is 36.0 Å². The Balaban J connectivity index is 2.16. The Morgan fingerprint density at radius 2 is 1.81 bits per heavy atom. The van der Waals surface area contributed by atoms with Crippen molar-refractivity contribution < 1.29 is 30.6 Å². The Bertz CT molecular complexity index is 1030. The number of benzene rings is 1. The molecule has 1 unspecified atom stereocenters. The van der Waals surface area contributed by atoms with Crippen LogP contribution < -0.4 is 20.6 Å². The molecule has 1 heterocycles. The second-order valence-electron chi connectivity index (χ2n) is 7.05. The third kappa shape index (κ3) is 7.59. The molecule has 2 rings (SSSR count). The molecule has 31 heavy (non-hydrogen) atoms. The van der Waals surface area contributed by atoms with Gasteiger partial charge in [0.05, 0.1) is 5.56 Å². The molecule has 2 aromatic rings. The zero-order valence-electron chi connectivity index (χ0n) is 16.9. The van der Waals surface area contributed by atoms with Crippen molar-refractivity contribution in [1.29, 1.82) is 0 Å². The molecule has 0 saturated heterocycles. The molecule has 0 radical (unpaired) electrons. The molecule has 0 spiro atoms. The molecule has 9 nitrogen and oxygen atoms in total. The zero-order chi connectivity index (χ0) is 23.4. The lowest BCUT2D eigenvalue weighted by Crippen LogP contribution is -2.26. The number of nitrogens with two attached hydrogens (primary N) is 1. The molecular weight excluding hydrogens is 439 g/mol. The monoisotopic (exact) mass is 461 g/mol. The van der Waals surface area contributed by atoms with Crippen molar-refractivity contribution in [2.45, 2.75) is 33.0 Å². The van der Waals surface area contributed by atoms with Gasteiger partial charge in [-0.25, -0.2) is 4.98 Å². The maximum absolute atomic E-state index is 12.3. The molecule has 0 bridgehead atoms. The number of halogens is 3. The van der Waals surface area contributed by atoms with E-state index in [0.717, 1.165) is 0 Å². The Labute approximate surface area is 177 Å². The van der Waals surface area contributed by atoms with Gasteiger partial charge in [0.15, 0.2) is 5.75 Å². The SMILES string of the molecule is CC(C)C(C)Nc1nc(Nc2ccc(OS(=O)(=O)CC(F)(F)F)cc2)ncc1C(N)=O. The first-order valence-corrected chi connectivity index (χ1v) is 10.6. The normalized spacial score (nSPS) is 13.0. The standard InChI is InChI=1S/C18H22F3N5O4S/c1-10(2)11(3)24-16-14(15(22)27)8-23-17(26-16)25-12-4-6-13(7-5-12)30-31(28,29)9-18(19,20)21/h4-8,10-11H,9H2,1-3H3,(H2,22,27)(H2,23,24,25,26). The van der Waals surface area contributed by atoms with Crippen LogP contribution in [-0.4, -0.2) is 42.3 Å². The van der Waals surface area contributed by atoms with Crippen LogP contribution in [0, 0.1) is 5.92 Å². The first-order valence-electron chi connectivity index (χ1n) is 9.05. The predicted octanol–water partition coefficient (Wildman–Crippen LogP) is 3.05. The van der Waals surface area contributed by atoms with E-state index in [-0.39, 0.29) is 35.0 Å². The van der Waals surface area contributed by atoms with Crippen molar-refractivity contribution in [1.82, 2.24) is 9.97 Å². The molecule has 1 amide bonds. The van der Waals surface area contributed by atoms with Crippen molar-refractivity contribution in [2.75, 3.05) is 16.4 Å². The summed E-state index contributed by atoms with van der Waals surface area (Å²) in [7, 11) is -4.82. The van der Waals surface area contributed by atoms with Gasteiger partial charge in [0.25, 0.3) is 5.91 Å². The third-order valence-corrected chi connectivity index (χ3v) is 5.22. The molecule has 1 aromatic heterocycles. The second kappa shape index (κ2) is 9.37. The number of carbonyl (C=O) groups excluding carboxylic acids is 1. The van der Waals surface area contributed by atoms with Crippen LogP contribution in [0.15, 0.2) is 30.5 Å². The molecule has 13 heteroatoms. The minimum Gasteiger partial charge on any atom is -0.382 e. The molecule has 170 valence electrons. The van der Waals surface area contributed by atoms with Crippen LogP contribution in [0.25, 0.3) is 0 Å². The fourth-order valence-corrected chi connectivity index (χ4v) is 3.08. The minimum atomic E-state index is -4.91. The number of aromatic nitrogens is 2. The predicted molar refractivity (Wildman–Crippen MR) is 109 cm³/mol. The minimum absolute atomic E-state index is 0.0177. The molecule has 0 fully saturated rings. The molecule has 0 aliphatic rings. The Kier molecular flexibility index (Phi) is 7.31. The van der Waals surface area contributed by atoms with Gasteiger partial charge in [-0.15, -0.1) is 0 Å². The van der Waals surface area contributed by atoms with Crippen molar-refractivity contribution >= 4 is 33.5 Å². The van der Waals surface area contributed by atoms with Gasteiger partial charge in [-0.3, -0.25) is 4.79 Å². The van der Waals surface area contributed by atoms with Gasteiger partial charge in [-0.1, -0.05) is 13.8 Å². The highest BCUT2D eigenvalue weighted by Crippen LogP contribution is 2.24. The second-order valence-corrected chi connectivity index (χ2v) is 8.62. The maximum Gasteiger partial charge on any atom is 0.406 e. The molecule has 0 aliphatic carbocycles. The van der Waals surface area contributed by atoms with E-state index in [1.807, 2.05) is 20.8 Å². The summed E-state index contributed by atoms with van der Waals surface area (Å²) in [6, 6.07) is 5.07. The van der Waals surface area contributed by atoms with Crippen molar-refractivity contribution in [2.24, 2.45) is 11.7 Å². The van der Waals surface area contributed by atoms with Gasteiger partial charge in [-0.2, -0.15) is 26.6 Å². The number of hydrogen-bond acceptors (Lipinski definition) is 8. The van der Waals surface area contributed by atoms with Crippen LogP contribution in [0.4, 0.5) is 30.6 Å². The summed E-state index contributed by atoms with van der Waals surface area (Å²) in [5, 5.41) is 5.94. The van der Waals surface area contributed by atoms with E-state index >= 15 is 0 Å². The summed E-state index contributed by atoms with van der Waals surface area (Å²) in [6.07, 6.45) is -3.65. The number of rotatable bonds is 9. The van der Waals surface area contributed by atoms with E-state index < -0.39 is 28.0 Å². The smallest absolute Gasteiger partial charge is 0.382 e. The van der Waals surface area contributed by atoms with Crippen molar-refractivity contribution in [3.63, 3.8) is 0 Å². The fourth-order valence-electron chi connectivity index (χ4n) is 2.21. The van der Waals surface area contributed by atoms with E-state index in [4.69, 9.17) is 5.73 Å². The van der Waals surface area contributed by atoms with Crippen LogP contribution in [0.2, 0.25) is 0 Å². The molecule has 4 N–H and O–H groups in total. The van der Waals surface area contributed by atoms with Crippen LogP contribution in [0.5, 0.6) is 5.75 Å². The number of primary amides is 1. The lowest BCUT2D eigenvalue weighted by Gasteiger charge is -2.19. The molecular formula is C18H22F3N5O4S. The number of nitrogens with zero attached hydrogens (tertiary/aromatic N) is 2. The lowest BCUT2D eigenvalue weighted by molar-refractivity contribution is -0.107. The van der Waals surface area contributed by atoms with E-state index in [1.54, 1.807) is 0 Å². The first-order chi connectivity index (χ1) is 14.3. The maximum atomic E-state index is 12.3. The van der Waals surface area contributed by atoms with E-state index in [1.165, 1.54) is 30.5 Å². The van der Waals surface area contributed by atoms with Gasteiger partial charge in [-0.05, 0) is 37.1 Å². The summed E-state index contributed by atoms with van der Waals surface area (Å²) in [5.41, 5.74) is 5.87. The number of carbonyl (C=O) groups is 1. The summed E-state index contributed by atoms with van der Waals surface area (Å²) < 4.78 is 64.1.